The van der Waals surface area contributed by atoms with Crippen LogP contribution in [0.15, 0.2) is 12.4 Å². The fourth-order valence-electron chi connectivity index (χ4n) is 2.82. The highest BCUT2D eigenvalue weighted by Gasteiger charge is 2.32. The molecule has 0 bridgehead atoms. The molecule has 2 N–H and O–H groups in total. The predicted octanol–water partition coefficient (Wildman–Crippen LogP) is -0.852. The SMILES string of the molecule is Nc1cncc(N2CCCN(S(=O)(=O)N3CCOCC3)CC2)n1. The highest BCUT2D eigenvalue weighted by Crippen LogP contribution is 2.17. The van der Waals surface area contributed by atoms with Crippen molar-refractivity contribution in [3.8, 4) is 0 Å². The molecular weight excluding hydrogens is 320 g/mol. The zero-order valence-electron chi connectivity index (χ0n) is 13.0. The average Bonchev–Trinajstić information content (AvgIpc) is 2.82. The third-order valence-electron chi connectivity index (χ3n) is 4.04. The fourth-order valence-corrected chi connectivity index (χ4v) is 4.43. The van der Waals surface area contributed by atoms with Gasteiger partial charge in [0.2, 0.25) is 0 Å². The summed E-state index contributed by atoms with van der Waals surface area (Å²) in [6, 6.07) is 0. The summed E-state index contributed by atoms with van der Waals surface area (Å²) in [5.41, 5.74) is 5.67. The van der Waals surface area contributed by atoms with Gasteiger partial charge >= 0.3 is 0 Å². The number of rotatable bonds is 3. The third kappa shape index (κ3) is 3.71. The third-order valence-corrected chi connectivity index (χ3v) is 6.08. The summed E-state index contributed by atoms with van der Waals surface area (Å²) in [5.74, 6) is 1.06. The van der Waals surface area contributed by atoms with Gasteiger partial charge in [0.1, 0.15) is 11.6 Å². The Morgan fingerprint density at radius 1 is 1.00 bits per heavy atom. The molecule has 0 unspecified atom stereocenters. The van der Waals surface area contributed by atoms with Gasteiger partial charge in [0.25, 0.3) is 10.2 Å². The maximum Gasteiger partial charge on any atom is 0.282 e. The standard InChI is InChI=1S/C13H22N6O3S/c14-12-10-15-11-13(16-12)17-2-1-3-18(5-4-17)23(20,21)19-6-8-22-9-7-19/h10-11H,1-9H2,(H2,14,16). The van der Waals surface area contributed by atoms with E-state index in [0.717, 1.165) is 13.0 Å². The zero-order valence-corrected chi connectivity index (χ0v) is 13.8. The van der Waals surface area contributed by atoms with Crippen molar-refractivity contribution < 1.29 is 13.2 Å². The van der Waals surface area contributed by atoms with Crippen LogP contribution in [0, 0.1) is 0 Å². The Morgan fingerprint density at radius 3 is 2.48 bits per heavy atom. The van der Waals surface area contributed by atoms with Gasteiger partial charge in [0, 0.05) is 39.3 Å². The summed E-state index contributed by atoms with van der Waals surface area (Å²) < 4.78 is 33.7. The van der Waals surface area contributed by atoms with E-state index in [1.165, 1.54) is 10.5 Å². The van der Waals surface area contributed by atoms with Crippen molar-refractivity contribution in [3.05, 3.63) is 12.4 Å². The molecule has 0 amide bonds. The van der Waals surface area contributed by atoms with Gasteiger partial charge in [-0.25, -0.2) is 4.98 Å². The second kappa shape index (κ2) is 6.95. The first kappa shape index (κ1) is 16.4. The number of nitrogens with zero attached hydrogens (tertiary/aromatic N) is 5. The van der Waals surface area contributed by atoms with Gasteiger partial charge < -0.3 is 15.4 Å². The zero-order chi connectivity index (χ0) is 16.3. The minimum absolute atomic E-state index is 0.365. The first-order valence-electron chi connectivity index (χ1n) is 7.73. The van der Waals surface area contributed by atoms with E-state index in [2.05, 4.69) is 9.97 Å². The Morgan fingerprint density at radius 2 is 1.74 bits per heavy atom. The van der Waals surface area contributed by atoms with Crippen molar-refractivity contribution in [2.24, 2.45) is 0 Å². The Hall–Kier alpha value is -1.49. The van der Waals surface area contributed by atoms with E-state index < -0.39 is 10.2 Å². The highest BCUT2D eigenvalue weighted by molar-refractivity contribution is 7.86. The minimum Gasteiger partial charge on any atom is -0.382 e. The molecule has 9 nitrogen and oxygen atoms in total. The summed E-state index contributed by atoms with van der Waals surface area (Å²) in [6.07, 6.45) is 3.89. The number of hydrogen-bond acceptors (Lipinski definition) is 7. The summed E-state index contributed by atoms with van der Waals surface area (Å²) in [4.78, 5) is 10.3. The molecule has 0 aromatic carbocycles. The molecular formula is C13H22N6O3S. The van der Waals surface area contributed by atoms with Crippen LogP contribution in [0.25, 0.3) is 0 Å². The van der Waals surface area contributed by atoms with Crippen molar-refractivity contribution in [2.45, 2.75) is 6.42 Å². The quantitative estimate of drug-likeness (QED) is 0.762. The van der Waals surface area contributed by atoms with E-state index in [0.29, 0.717) is 57.6 Å². The summed E-state index contributed by atoms with van der Waals surface area (Å²) in [6.45, 7) is 3.99. The van der Waals surface area contributed by atoms with Crippen LogP contribution in [-0.2, 0) is 14.9 Å². The van der Waals surface area contributed by atoms with Gasteiger partial charge in [-0.05, 0) is 6.42 Å². The number of aromatic nitrogens is 2. The van der Waals surface area contributed by atoms with Gasteiger partial charge in [-0.2, -0.15) is 17.0 Å². The number of morpholine rings is 1. The second-order valence-electron chi connectivity index (χ2n) is 5.56. The van der Waals surface area contributed by atoms with Crippen LogP contribution in [0.5, 0.6) is 0 Å². The van der Waals surface area contributed by atoms with E-state index in [9.17, 15) is 8.42 Å². The molecule has 0 saturated carbocycles. The maximum atomic E-state index is 12.7. The molecule has 10 heteroatoms. The lowest BCUT2D eigenvalue weighted by atomic mass is 10.4. The van der Waals surface area contributed by atoms with E-state index in [4.69, 9.17) is 10.5 Å². The molecule has 3 rings (SSSR count). The van der Waals surface area contributed by atoms with Crippen LogP contribution >= 0.6 is 0 Å². The normalized spacial score (nSPS) is 22.0. The molecule has 23 heavy (non-hydrogen) atoms. The molecule has 0 radical (unpaired) electrons. The van der Waals surface area contributed by atoms with Crippen LogP contribution in [0.2, 0.25) is 0 Å². The molecule has 0 spiro atoms. The van der Waals surface area contributed by atoms with E-state index >= 15 is 0 Å². The van der Waals surface area contributed by atoms with E-state index in [1.807, 2.05) is 4.90 Å². The smallest absolute Gasteiger partial charge is 0.282 e. The lowest BCUT2D eigenvalue weighted by Crippen LogP contribution is -2.49. The Labute approximate surface area is 136 Å². The lowest BCUT2D eigenvalue weighted by molar-refractivity contribution is 0.0703. The van der Waals surface area contributed by atoms with Gasteiger partial charge in [-0.1, -0.05) is 0 Å². The molecule has 2 fully saturated rings. The fraction of sp³-hybridized carbons (Fsp3) is 0.692. The van der Waals surface area contributed by atoms with Crippen LogP contribution < -0.4 is 10.6 Å². The molecule has 2 aliphatic heterocycles. The molecule has 0 atom stereocenters. The first-order chi connectivity index (χ1) is 11.1. The summed E-state index contributed by atoms with van der Waals surface area (Å²) in [7, 11) is -3.42. The molecule has 0 aliphatic carbocycles. The van der Waals surface area contributed by atoms with Crippen molar-refractivity contribution in [2.75, 3.05) is 63.1 Å². The Bertz CT molecular complexity index is 634. The summed E-state index contributed by atoms with van der Waals surface area (Å²) in [5, 5.41) is 0. The van der Waals surface area contributed by atoms with E-state index in [1.54, 1.807) is 10.5 Å². The van der Waals surface area contributed by atoms with Crippen molar-refractivity contribution in [1.29, 1.82) is 0 Å². The Balaban J connectivity index is 1.68. The first-order valence-corrected chi connectivity index (χ1v) is 9.12. The number of nitrogen functional groups attached to an aromatic ring is 1. The van der Waals surface area contributed by atoms with Gasteiger partial charge in [-0.15, -0.1) is 0 Å². The van der Waals surface area contributed by atoms with Crippen molar-refractivity contribution in [1.82, 2.24) is 18.6 Å². The topological polar surface area (TPSA) is 105 Å². The van der Waals surface area contributed by atoms with Crippen LogP contribution in [0.3, 0.4) is 0 Å². The van der Waals surface area contributed by atoms with Crippen molar-refractivity contribution >= 4 is 21.8 Å². The molecule has 2 aliphatic rings. The number of hydrogen-bond donors (Lipinski definition) is 1. The minimum atomic E-state index is -3.42. The molecule has 1 aromatic rings. The molecule has 128 valence electrons. The largest absolute Gasteiger partial charge is 0.382 e. The van der Waals surface area contributed by atoms with Gasteiger partial charge in [0.15, 0.2) is 0 Å². The summed E-state index contributed by atoms with van der Waals surface area (Å²) >= 11 is 0. The van der Waals surface area contributed by atoms with E-state index in [-0.39, 0.29) is 0 Å². The maximum absolute atomic E-state index is 12.7. The monoisotopic (exact) mass is 342 g/mol. The van der Waals surface area contributed by atoms with Crippen LogP contribution in [-0.4, -0.2) is 79.5 Å². The number of ether oxygens (including phenoxy) is 1. The number of anilines is 2. The molecule has 3 heterocycles. The lowest BCUT2D eigenvalue weighted by Gasteiger charge is -2.31. The Kier molecular flexibility index (Phi) is 4.95. The second-order valence-corrected chi connectivity index (χ2v) is 7.49. The highest BCUT2D eigenvalue weighted by atomic mass is 32.2. The van der Waals surface area contributed by atoms with Gasteiger partial charge in [-0.3, -0.25) is 4.98 Å². The van der Waals surface area contributed by atoms with Crippen LogP contribution in [0.4, 0.5) is 11.6 Å². The average molecular weight is 342 g/mol. The molecule has 2 saturated heterocycles. The molecule has 1 aromatic heterocycles. The number of nitrogens with two attached hydrogens (primary N) is 1. The van der Waals surface area contributed by atoms with Gasteiger partial charge in [0.05, 0.1) is 25.6 Å². The van der Waals surface area contributed by atoms with Crippen LogP contribution in [0.1, 0.15) is 6.42 Å². The predicted molar refractivity (Wildman–Crippen MR) is 86.2 cm³/mol. The van der Waals surface area contributed by atoms with Crippen molar-refractivity contribution in [3.63, 3.8) is 0 Å².